The molecule has 1 aliphatic heterocycles. The third kappa shape index (κ3) is 1.44. The minimum absolute atomic E-state index is 0.217. The third-order valence-electron chi connectivity index (χ3n) is 1.25. The molecule has 0 bridgehead atoms. The third-order valence-corrected chi connectivity index (χ3v) is 1.25. The smallest absolute Gasteiger partial charge is 0.183 e. The summed E-state index contributed by atoms with van der Waals surface area (Å²) in [4.78, 5) is 4.22. The van der Waals surface area contributed by atoms with Crippen LogP contribution in [0.15, 0.2) is 4.99 Å². The largest absolute Gasteiger partial charge is 0.478 e. The van der Waals surface area contributed by atoms with E-state index in [0.29, 0.717) is 6.61 Å². The molecular weight excluding hydrogens is 114 g/mol. The molecule has 1 rings (SSSR count). The number of hydrogen-bond acceptors (Lipinski definition) is 2. The van der Waals surface area contributed by atoms with E-state index in [0.717, 1.165) is 12.3 Å². The molecule has 1 aliphatic rings. The van der Waals surface area contributed by atoms with Crippen LogP contribution in [0, 0.1) is 6.92 Å². The minimum atomic E-state index is -0.217. The Morgan fingerprint density at radius 1 is 1.89 bits per heavy atom. The summed E-state index contributed by atoms with van der Waals surface area (Å²) in [6, 6.07) is 0. The SMILES string of the molecule is [CH2]C1(C)COC(CC)=N1. The lowest BCUT2D eigenvalue weighted by atomic mass is 10.1. The molecule has 51 valence electrons. The van der Waals surface area contributed by atoms with E-state index >= 15 is 0 Å². The van der Waals surface area contributed by atoms with Gasteiger partial charge in [0.25, 0.3) is 0 Å². The highest BCUT2D eigenvalue weighted by Crippen LogP contribution is 2.16. The van der Waals surface area contributed by atoms with Gasteiger partial charge in [-0.25, -0.2) is 4.99 Å². The molecule has 0 saturated carbocycles. The molecule has 1 heterocycles. The summed E-state index contributed by atoms with van der Waals surface area (Å²) >= 11 is 0. The average molecular weight is 126 g/mol. The van der Waals surface area contributed by atoms with Crippen molar-refractivity contribution in [3.63, 3.8) is 0 Å². The van der Waals surface area contributed by atoms with Crippen molar-refractivity contribution in [3.05, 3.63) is 6.92 Å². The molecule has 0 aliphatic carbocycles. The molecule has 0 N–H and O–H groups in total. The lowest BCUT2D eigenvalue weighted by Gasteiger charge is -2.07. The normalized spacial score (nSPS) is 23.2. The maximum Gasteiger partial charge on any atom is 0.183 e. The molecule has 2 heteroatoms. The van der Waals surface area contributed by atoms with Gasteiger partial charge in [-0.2, -0.15) is 0 Å². The first-order valence-corrected chi connectivity index (χ1v) is 3.21. The van der Waals surface area contributed by atoms with Crippen molar-refractivity contribution < 1.29 is 4.74 Å². The zero-order valence-electron chi connectivity index (χ0n) is 5.98. The second-order valence-corrected chi connectivity index (χ2v) is 2.64. The van der Waals surface area contributed by atoms with Crippen LogP contribution in [0.1, 0.15) is 20.3 Å². The van der Waals surface area contributed by atoms with Crippen LogP contribution < -0.4 is 0 Å². The van der Waals surface area contributed by atoms with Gasteiger partial charge in [-0.1, -0.05) is 6.92 Å². The second-order valence-electron chi connectivity index (χ2n) is 2.64. The van der Waals surface area contributed by atoms with Gasteiger partial charge in [-0.3, -0.25) is 0 Å². The summed E-state index contributed by atoms with van der Waals surface area (Å²) in [5.74, 6) is 0.840. The fraction of sp³-hybridized carbons (Fsp3) is 0.714. The molecule has 2 nitrogen and oxygen atoms in total. The summed E-state index contributed by atoms with van der Waals surface area (Å²) in [6.07, 6.45) is 0.880. The first-order chi connectivity index (χ1) is 4.14. The monoisotopic (exact) mass is 126 g/mol. The van der Waals surface area contributed by atoms with Crippen molar-refractivity contribution in [3.8, 4) is 0 Å². The minimum Gasteiger partial charge on any atom is -0.478 e. The zero-order chi connectivity index (χ0) is 6.91. The molecule has 0 saturated heterocycles. The predicted octanol–water partition coefficient (Wildman–Crippen LogP) is 1.42. The van der Waals surface area contributed by atoms with Gasteiger partial charge in [0.2, 0.25) is 0 Å². The first kappa shape index (κ1) is 6.59. The molecule has 1 unspecified atom stereocenters. The molecule has 0 aromatic rings. The van der Waals surface area contributed by atoms with Crippen LogP contribution in [0.2, 0.25) is 0 Å². The summed E-state index contributed by atoms with van der Waals surface area (Å²) in [5, 5.41) is 0. The molecular formula is C7H12NO. The fourth-order valence-electron chi connectivity index (χ4n) is 0.786. The predicted molar refractivity (Wildman–Crippen MR) is 37.4 cm³/mol. The topological polar surface area (TPSA) is 21.6 Å². The van der Waals surface area contributed by atoms with E-state index in [9.17, 15) is 0 Å². The van der Waals surface area contributed by atoms with Gasteiger partial charge < -0.3 is 4.74 Å². The lowest BCUT2D eigenvalue weighted by molar-refractivity contribution is 0.288. The number of ether oxygens (including phenoxy) is 1. The Labute approximate surface area is 55.9 Å². The molecule has 1 radical (unpaired) electrons. The van der Waals surface area contributed by atoms with Crippen LogP contribution in [0.25, 0.3) is 0 Å². The van der Waals surface area contributed by atoms with Crippen molar-refractivity contribution in [2.75, 3.05) is 6.61 Å². The van der Waals surface area contributed by atoms with Gasteiger partial charge in [0.1, 0.15) is 6.61 Å². The van der Waals surface area contributed by atoms with Crippen LogP contribution in [0.5, 0.6) is 0 Å². The van der Waals surface area contributed by atoms with Crippen LogP contribution in [-0.2, 0) is 4.74 Å². The lowest BCUT2D eigenvalue weighted by Crippen LogP contribution is -2.17. The van der Waals surface area contributed by atoms with Gasteiger partial charge in [-0.05, 0) is 13.8 Å². The number of aliphatic imine (C=N–C) groups is 1. The van der Waals surface area contributed by atoms with E-state index in [4.69, 9.17) is 4.74 Å². The van der Waals surface area contributed by atoms with Crippen molar-refractivity contribution in [1.29, 1.82) is 0 Å². The summed E-state index contributed by atoms with van der Waals surface area (Å²) in [6.45, 7) is 8.49. The van der Waals surface area contributed by atoms with E-state index in [1.54, 1.807) is 0 Å². The first-order valence-electron chi connectivity index (χ1n) is 3.21. The number of hydrogen-bond donors (Lipinski definition) is 0. The molecule has 1 atom stereocenters. The quantitative estimate of drug-likeness (QED) is 0.520. The summed E-state index contributed by atoms with van der Waals surface area (Å²) in [7, 11) is 0. The van der Waals surface area contributed by atoms with E-state index in [1.165, 1.54) is 0 Å². The van der Waals surface area contributed by atoms with E-state index < -0.39 is 0 Å². The van der Waals surface area contributed by atoms with Crippen LogP contribution in [0.4, 0.5) is 0 Å². The zero-order valence-corrected chi connectivity index (χ0v) is 5.98. The maximum atomic E-state index is 5.20. The summed E-state index contributed by atoms with van der Waals surface area (Å²) in [5.41, 5.74) is -0.217. The summed E-state index contributed by atoms with van der Waals surface area (Å²) < 4.78 is 5.20. The number of nitrogens with zero attached hydrogens (tertiary/aromatic N) is 1. The van der Waals surface area contributed by atoms with Crippen molar-refractivity contribution in [2.45, 2.75) is 25.8 Å². The van der Waals surface area contributed by atoms with Crippen molar-refractivity contribution in [2.24, 2.45) is 4.99 Å². The van der Waals surface area contributed by atoms with E-state index in [-0.39, 0.29) is 5.54 Å². The van der Waals surface area contributed by atoms with Crippen LogP contribution in [-0.4, -0.2) is 18.0 Å². The van der Waals surface area contributed by atoms with Crippen LogP contribution in [0.3, 0.4) is 0 Å². The highest BCUT2D eigenvalue weighted by Gasteiger charge is 2.24. The average Bonchev–Trinajstić information content (AvgIpc) is 2.10. The molecule has 0 aromatic heterocycles. The van der Waals surface area contributed by atoms with Crippen LogP contribution >= 0.6 is 0 Å². The Bertz CT molecular complexity index is 138. The molecule has 0 fully saturated rings. The molecule has 0 spiro atoms. The highest BCUT2D eigenvalue weighted by atomic mass is 16.5. The maximum absolute atomic E-state index is 5.20. The standard InChI is InChI=1S/C7H12NO/c1-4-6-8-7(2,3)5-9-6/h2,4-5H2,1,3H3. The van der Waals surface area contributed by atoms with Gasteiger partial charge in [0.15, 0.2) is 5.90 Å². The van der Waals surface area contributed by atoms with E-state index in [1.807, 2.05) is 13.8 Å². The number of rotatable bonds is 1. The fourth-order valence-corrected chi connectivity index (χ4v) is 0.786. The Hall–Kier alpha value is -0.530. The molecule has 0 aromatic carbocycles. The van der Waals surface area contributed by atoms with Gasteiger partial charge >= 0.3 is 0 Å². The van der Waals surface area contributed by atoms with Crippen molar-refractivity contribution in [1.82, 2.24) is 0 Å². The molecule has 9 heavy (non-hydrogen) atoms. The Balaban J connectivity index is 2.61. The Kier molecular flexibility index (Phi) is 1.47. The van der Waals surface area contributed by atoms with Gasteiger partial charge in [-0.15, -0.1) is 0 Å². The Morgan fingerprint density at radius 2 is 2.56 bits per heavy atom. The van der Waals surface area contributed by atoms with Gasteiger partial charge in [0, 0.05) is 6.42 Å². The van der Waals surface area contributed by atoms with E-state index in [2.05, 4.69) is 11.9 Å². The van der Waals surface area contributed by atoms with Gasteiger partial charge in [0.05, 0.1) is 5.54 Å². The second kappa shape index (κ2) is 2.01. The van der Waals surface area contributed by atoms with Crippen molar-refractivity contribution >= 4 is 5.90 Å². The highest BCUT2D eigenvalue weighted by molar-refractivity contribution is 5.77. The molecule has 0 amide bonds. The Morgan fingerprint density at radius 3 is 2.78 bits per heavy atom.